The van der Waals surface area contributed by atoms with E-state index in [0.717, 1.165) is 27.9 Å². The Kier molecular flexibility index (Phi) is 5.48. The summed E-state index contributed by atoms with van der Waals surface area (Å²) in [4.78, 5) is 4.39. The van der Waals surface area contributed by atoms with Crippen LogP contribution in [0.3, 0.4) is 0 Å². The van der Waals surface area contributed by atoms with Gasteiger partial charge >= 0.3 is 0 Å². The summed E-state index contributed by atoms with van der Waals surface area (Å²) in [6, 6.07) is 17.0. The van der Waals surface area contributed by atoms with Crippen molar-refractivity contribution in [2.75, 3.05) is 18.1 Å². The lowest BCUT2D eigenvalue weighted by Crippen LogP contribution is -2.35. The molecule has 0 saturated heterocycles. The van der Waals surface area contributed by atoms with Crippen molar-refractivity contribution in [3.63, 3.8) is 0 Å². The number of anilines is 2. The van der Waals surface area contributed by atoms with E-state index in [1.54, 1.807) is 18.3 Å². The van der Waals surface area contributed by atoms with Crippen LogP contribution < -0.4 is 5.32 Å². The summed E-state index contributed by atoms with van der Waals surface area (Å²) in [5.41, 5.74) is 5.27. The number of pyridine rings is 1. The van der Waals surface area contributed by atoms with Crippen LogP contribution >= 0.6 is 11.6 Å². The van der Waals surface area contributed by atoms with Gasteiger partial charge in [0.25, 0.3) is 0 Å². The molecule has 2 aromatic carbocycles. The largest absolute Gasteiger partial charge is 0.340 e. The Morgan fingerprint density at radius 3 is 2.67 bits per heavy atom. The summed E-state index contributed by atoms with van der Waals surface area (Å²) >= 11 is 6.36. The van der Waals surface area contributed by atoms with E-state index < -0.39 is 10.0 Å². The second-order valence-electron chi connectivity index (χ2n) is 7.15. The van der Waals surface area contributed by atoms with Gasteiger partial charge in [-0.2, -0.15) is 9.57 Å². The Balaban J connectivity index is 1.64. The molecule has 8 heteroatoms. The molecule has 1 N–H and O–H groups in total. The number of nitrogens with one attached hydrogen (secondary N) is 1. The van der Waals surface area contributed by atoms with E-state index in [2.05, 4.69) is 16.4 Å². The first kappa shape index (κ1) is 20.4. The summed E-state index contributed by atoms with van der Waals surface area (Å²) in [5, 5.41) is 12.9. The molecule has 4 rings (SSSR count). The van der Waals surface area contributed by atoms with Crippen LogP contribution in [0.15, 0.2) is 54.7 Å². The lowest BCUT2D eigenvalue weighted by molar-refractivity contribution is 0.395. The van der Waals surface area contributed by atoms with Crippen LogP contribution in [0.25, 0.3) is 11.1 Å². The van der Waals surface area contributed by atoms with Crippen molar-refractivity contribution < 1.29 is 8.42 Å². The van der Waals surface area contributed by atoms with Gasteiger partial charge in [-0.25, -0.2) is 13.4 Å². The number of aromatic nitrogens is 1. The van der Waals surface area contributed by atoms with E-state index in [9.17, 15) is 8.42 Å². The minimum atomic E-state index is -3.22. The molecule has 1 aromatic heterocycles. The van der Waals surface area contributed by atoms with Gasteiger partial charge in [-0.05, 0) is 47.4 Å². The van der Waals surface area contributed by atoms with E-state index in [0.29, 0.717) is 35.9 Å². The second-order valence-corrected chi connectivity index (χ2v) is 9.54. The summed E-state index contributed by atoms with van der Waals surface area (Å²) in [6.07, 6.45) is 3.46. The fourth-order valence-corrected chi connectivity index (χ4v) is 4.58. The molecule has 0 saturated carbocycles. The van der Waals surface area contributed by atoms with Crippen LogP contribution in [-0.2, 0) is 23.0 Å². The van der Waals surface area contributed by atoms with Crippen LogP contribution in [-0.4, -0.2) is 30.5 Å². The third-order valence-electron chi connectivity index (χ3n) is 5.14. The highest BCUT2D eigenvalue weighted by Crippen LogP contribution is 2.33. The predicted molar refractivity (Wildman–Crippen MR) is 118 cm³/mol. The van der Waals surface area contributed by atoms with Crippen LogP contribution in [0.2, 0.25) is 5.02 Å². The highest BCUT2D eigenvalue weighted by molar-refractivity contribution is 7.88. The summed E-state index contributed by atoms with van der Waals surface area (Å²) in [7, 11) is -3.22. The molecule has 0 unspecified atom stereocenters. The van der Waals surface area contributed by atoms with Gasteiger partial charge in [0.15, 0.2) is 0 Å². The van der Waals surface area contributed by atoms with Crippen LogP contribution in [0.1, 0.15) is 16.7 Å². The minimum Gasteiger partial charge on any atom is -0.340 e. The Morgan fingerprint density at radius 2 is 1.97 bits per heavy atom. The average Bonchev–Trinajstić information content (AvgIpc) is 2.74. The molecule has 1 aliphatic rings. The molecule has 6 nitrogen and oxygen atoms in total. The third kappa shape index (κ3) is 4.17. The molecule has 0 aliphatic carbocycles. The average molecular weight is 439 g/mol. The van der Waals surface area contributed by atoms with E-state index in [1.807, 2.05) is 36.4 Å². The maximum absolute atomic E-state index is 11.9. The molecule has 0 bridgehead atoms. The van der Waals surface area contributed by atoms with Crippen molar-refractivity contribution in [2.45, 2.75) is 13.0 Å². The van der Waals surface area contributed by atoms with Crippen LogP contribution in [0.4, 0.5) is 11.5 Å². The number of benzene rings is 2. The lowest BCUT2D eigenvalue weighted by atomic mass is 9.99. The third-order valence-corrected chi connectivity index (χ3v) is 6.69. The first-order chi connectivity index (χ1) is 14.3. The smallest absolute Gasteiger partial charge is 0.211 e. The highest BCUT2D eigenvalue weighted by atomic mass is 35.5. The fourth-order valence-electron chi connectivity index (χ4n) is 3.57. The summed E-state index contributed by atoms with van der Waals surface area (Å²) < 4.78 is 25.3. The molecule has 0 spiro atoms. The van der Waals surface area contributed by atoms with Gasteiger partial charge < -0.3 is 5.32 Å². The maximum Gasteiger partial charge on any atom is 0.211 e. The summed E-state index contributed by atoms with van der Waals surface area (Å²) in [5.74, 6) is 0.637. The standard InChI is InChI=1S/C22H19ClN4O2S/c1-30(28,29)27-10-9-18-17(14-27)3-2-4-21(18)26-22-11-19(20(23)13-25-22)16-7-5-15(12-24)6-8-16/h2-8,11,13H,9-10,14H2,1H3,(H,25,26). The molecule has 0 atom stereocenters. The number of hydrogen-bond donors (Lipinski definition) is 1. The number of nitrogens with zero attached hydrogens (tertiary/aromatic N) is 3. The number of fused-ring (bicyclic) bond motifs is 1. The SMILES string of the molecule is CS(=O)(=O)N1CCc2c(cccc2Nc2cc(-c3ccc(C#N)cc3)c(Cl)cn2)C1. The zero-order valence-electron chi connectivity index (χ0n) is 16.3. The fraction of sp³-hybridized carbons (Fsp3) is 0.182. The van der Waals surface area contributed by atoms with Gasteiger partial charge in [-0.15, -0.1) is 0 Å². The van der Waals surface area contributed by atoms with E-state index in [1.165, 1.54) is 10.6 Å². The second kappa shape index (κ2) is 8.07. The summed E-state index contributed by atoms with van der Waals surface area (Å²) in [6.45, 7) is 0.823. The Hall–Kier alpha value is -2.92. The molecular formula is C22H19ClN4O2S. The Bertz CT molecular complexity index is 1250. The number of hydrogen-bond acceptors (Lipinski definition) is 5. The van der Waals surface area contributed by atoms with Gasteiger partial charge in [-0.3, -0.25) is 0 Å². The number of halogens is 1. The van der Waals surface area contributed by atoms with Gasteiger partial charge in [0.05, 0.1) is 22.9 Å². The lowest BCUT2D eigenvalue weighted by Gasteiger charge is -2.28. The molecule has 152 valence electrons. The normalized spacial score (nSPS) is 14.0. The molecular weight excluding hydrogens is 420 g/mol. The van der Waals surface area contributed by atoms with E-state index in [-0.39, 0.29) is 0 Å². The molecule has 0 fully saturated rings. The van der Waals surface area contributed by atoms with Crippen LogP contribution in [0, 0.1) is 11.3 Å². The predicted octanol–water partition coefficient (Wildman–Crippen LogP) is 4.33. The maximum atomic E-state index is 11.9. The van der Waals surface area contributed by atoms with Crippen molar-refractivity contribution in [1.29, 1.82) is 5.26 Å². The van der Waals surface area contributed by atoms with Crippen molar-refractivity contribution >= 4 is 33.1 Å². The monoisotopic (exact) mass is 438 g/mol. The van der Waals surface area contributed by atoms with Gasteiger partial charge in [0, 0.05) is 30.5 Å². The van der Waals surface area contributed by atoms with Gasteiger partial charge in [0.1, 0.15) is 5.82 Å². The van der Waals surface area contributed by atoms with Crippen molar-refractivity contribution in [2.24, 2.45) is 0 Å². The van der Waals surface area contributed by atoms with E-state index in [4.69, 9.17) is 16.9 Å². The molecule has 3 aromatic rings. The quantitative estimate of drug-likeness (QED) is 0.655. The zero-order valence-corrected chi connectivity index (χ0v) is 17.8. The number of sulfonamides is 1. The first-order valence-corrected chi connectivity index (χ1v) is 11.6. The first-order valence-electron chi connectivity index (χ1n) is 9.34. The molecule has 0 radical (unpaired) electrons. The topological polar surface area (TPSA) is 86.1 Å². The minimum absolute atomic E-state index is 0.369. The zero-order chi connectivity index (χ0) is 21.3. The molecule has 2 heterocycles. The number of nitriles is 1. The molecule has 0 amide bonds. The van der Waals surface area contributed by atoms with Crippen LogP contribution in [0.5, 0.6) is 0 Å². The van der Waals surface area contributed by atoms with Gasteiger partial charge in [-0.1, -0.05) is 35.9 Å². The van der Waals surface area contributed by atoms with Crippen molar-refractivity contribution in [3.8, 4) is 17.2 Å². The Morgan fingerprint density at radius 1 is 1.20 bits per heavy atom. The Labute approximate surface area is 180 Å². The van der Waals surface area contributed by atoms with Gasteiger partial charge in [0.2, 0.25) is 10.0 Å². The van der Waals surface area contributed by atoms with Crippen molar-refractivity contribution in [1.82, 2.24) is 9.29 Å². The molecule has 1 aliphatic heterocycles. The number of rotatable bonds is 4. The van der Waals surface area contributed by atoms with Crippen molar-refractivity contribution in [3.05, 3.63) is 76.4 Å². The van der Waals surface area contributed by atoms with E-state index >= 15 is 0 Å². The molecule has 30 heavy (non-hydrogen) atoms. The highest BCUT2D eigenvalue weighted by Gasteiger charge is 2.24.